The molecule has 0 heterocycles. The van der Waals surface area contributed by atoms with Gasteiger partial charge in [-0.15, -0.1) is 0 Å². The molecule has 2 rings (SSSR count). The zero-order chi connectivity index (χ0) is 14.8. The van der Waals surface area contributed by atoms with Crippen LogP contribution in [-0.4, -0.2) is 47.7 Å². The van der Waals surface area contributed by atoms with Crippen molar-refractivity contribution < 1.29 is 9.90 Å². The Kier molecular flexibility index (Phi) is 5.08. The number of carboxylic acids is 1. The molecular weight excluding hydrogens is 252 g/mol. The van der Waals surface area contributed by atoms with Crippen molar-refractivity contribution in [2.24, 2.45) is 5.92 Å². The lowest BCUT2D eigenvalue weighted by atomic mass is 9.77. The summed E-state index contributed by atoms with van der Waals surface area (Å²) in [6, 6.07) is 1.06. The topological polar surface area (TPSA) is 52.6 Å². The molecule has 2 unspecified atom stereocenters. The predicted molar refractivity (Wildman–Crippen MR) is 80.9 cm³/mol. The fraction of sp³-hybridized carbons (Fsp3) is 0.938. The Morgan fingerprint density at radius 2 is 1.85 bits per heavy atom. The summed E-state index contributed by atoms with van der Waals surface area (Å²) in [4.78, 5) is 14.1. The van der Waals surface area contributed by atoms with Crippen molar-refractivity contribution in [2.75, 3.05) is 14.1 Å². The standard InChI is InChI=1S/C16H30N2O2/c1-12-6-8-13(9-7-12)18(3)14-5-4-10-16(11-14,17-2)15(19)20/h12-14,17H,4-11H2,1-3H3,(H,19,20). The van der Waals surface area contributed by atoms with Crippen LogP contribution in [0.4, 0.5) is 0 Å². The Morgan fingerprint density at radius 1 is 1.20 bits per heavy atom. The average Bonchev–Trinajstić information content (AvgIpc) is 2.47. The lowest BCUT2D eigenvalue weighted by Gasteiger charge is -2.45. The van der Waals surface area contributed by atoms with Gasteiger partial charge in [-0.1, -0.05) is 6.92 Å². The Hall–Kier alpha value is -0.610. The maximum atomic E-state index is 11.6. The van der Waals surface area contributed by atoms with E-state index in [1.54, 1.807) is 7.05 Å². The number of hydrogen-bond donors (Lipinski definition) is 2. The van der Waals surface area contributed by atoms with Gasteiger partial charge in [-0.3, -0.25) is 4.79 Å². The van der Waals surface area contributed by atoms with Gasteiger partial charge in [0, 0.05) is 12.1 Å². The maximum absolute atomic E-state index is 11.6. The Bertz CT molecular complexity index is 339. The number of carboxylic acid groups (broad SMARTS) is 1. The van der Waals surface area contributed by atoms with Gasteiger partial charge in [0.15, 0.2) is 0 Å². The van der Waals surface area contributed by atoms with Gasteiger partial charge in [-0.25, -0.2) is 0 Å². The van der Waals surface area contributed by atoms with Crippen LogP contribution in [0.3, 0.4) is 0 Å². The van der Waals surface area contributed by atoms with Crippen molar-refractivity contribution in [2.45, 2.75) is 75.9 Å². The molecular formula is C16H30N2O2. The summed E-state index contributed by atoms with van der Waals surface area (Å²) in [5.41, 5.74) is -0.709. The third-order valence-corrected chi connectivity index (χ3v) is 5.75. The molecule has 2 N–H and O–H groups in total. The molecule has 2 fully saturated rings. The number of aliphatic carboxylic acids is 1. The monoisotopic (exact) mass is 282 g/mol. The minimum atomic E-state index is -0.709. The first-order chi connectivity index (χ1) is 9.48. The molecule has 2 aliphatic rings. The number of rotatable bonds is 4. The van der Waals surface area contributed by atoms with Crippen LogP contribution in [-0.2, 0) is 4.79 Å². The van der Waals surface area contributed by atoms with Crippen molar-refractivity contribution in [3.05, 3.63) is 0 Å². The number of likely N-dealkylation sites (N-methyl/N-ethyl adjacent to an activating group) is 1. The number of hydrogen-bond acceptors (Lipinski definition) is 3. The molecule has 0 saturated heterocycles. The largest absolute Gasteiger partial charge is 0.480 e. The van der Waals surface area contributed by atoms with Crippen molar-refractivity contribution in [1.29, 1.82) is 0 Å². The highest BCUT2D eigenvalue weighted by Crippen LogP contribution is 2.34. The van der Waals surface area contributed by atoms with Crippen LogP contribution in [0.2, 0.25) is 0 Å². The fourth-order valence-corrected chi connectivity index (χ4v) is 4.07. The second-order valence-corrected chi connectivity index (χ2v) is 6.97. The van der Waals surface area contributed by atoms with Crippen LogP contribution in [0.15, 0.2) is 0 Å². The Morgan fingerprint density at radius 3 is 2.40 bits per heavy atom. The van der Waals surface area contributed by atoms with E-state index in [-0.39, 0.29) is 0 Å². The van der Waals surface area contributed by atoms with Crippen LogP contribution in [0, 0.1) is 5.92 Å². The lowest BCUT2D eigenvalue weighted by Crippen LogP contribution is -2.58. The highest BCUT2D eigenvalue weighted by atomic mass is 16.4. The Balaban J connectivity index is 1.99. The second kappa shape index (κ2) is 6.44. The van der Waals surface area contributed by atoms with Crippen molar-refractivity contribution in [1.82, 2.24) is 10.2 Å². The minimum absolute atomic E-state index is 0.408. The van der Waals surface area contributed by atoms with E-state index in [4.69, 9.17) is 0 Å². The van der Waals surface area contributed by atoms with E-state index in [2.05, 4.69) is 24.2 Å². The highest BCUT2D eigenvalue weighted by molar-refractivity contribution is 5.79. The van der Waals surface area contributed by atoms with E-state index in [0.717, 1.165) is 31.6 Å². The highest BCUT2D eigenvalue weighted by Gasteiger charge is 2.43. The fourth-order valence-electron chi connectivity index (χ4n) is 4.07. The third-order valence-electron chi connectivity index (χ3n) is 5.75. The van der Waals surface area contributed by atoms with Gasteiger partial charge in [0.05, 0.1) is 0 Å². The van der Waals surface area contributed by atoms with Gasteiger partial charge in [-0.05, 0) is 71.4 Å². The van der Waals surface area contributed by atoms with Gasteiger partial charge < -0.3 is 15.3 Å². The summed E-state index contributed by atoms with van der Waals surface area (Å²) in [7, 11) is 4.00. The first kappa shape index (κ1) is 15.8. The van der Waals surface area contributed by atoms with E-state index in [9.17, 15) is 9.90 Å². The zero-order valence-corrected chi connectivity index (χ0v) is 13.2. The quantitative estimate of drug-likeness (QED) is 0.832. The second-order valence-electron chi connectivity index (χ2n) is 6.97. The zero-order valence-electron chi connectivity index (χ0n) is 13.2. The third kappa shape index (κ3) is 3.17. The molecule has 0 aliphatic heterocycles. The van der Waals surface area contributed by atoms with Crippen LogP contribution in [0.5, 0.6) is 0 Å². The molecule has 4 nitrogen and oxygen atoms in total. The molecule has 0 bridgehead atoms. The Labute approximate surface area is 122 Å². The summed E-state index contributed by atoms with van der Waals surface area (Å²) in [6.45, 7) is 2.34. The molecule has 2 aliphatic carbocycles. The van der Waals surface area contributed by atoms with Gasteiger partial charge in [0.2, 0.25) is 0 Å². The van der Waals surface area contributed by atoms with E-state index < -0.39 is 11.5 Å². The molecule has 2 atom stereocenters. The number of carbonyl (C=O) groups is 1. The summed E-state index contributed by atoms with van der Waals surface area (Å²) >= 11 is 0. The van der Waals surface area contributed by atoms with E-state index >= 15 is 0 Å². The van der Waals surface area contributed by atoms with Crippen molar-refractivity contribution in [3.63, 3.8) is 0 Å². The maximum Gasteiger partial charge on any atom is 0.323 e. The van der Waals surface area contributed by atoms with Crippen LogP contribution < -0.4 is 5.32 Å². The van der Waals surface area contributed by atoms with Crippen LogP contribution in [0.25, 0.3) is 0 Å². The smallest absolute Gasteiger partial charge is 0.323 e. The summed E-state index contributed by atoms with van der Waals surface area (Å²) in [5, 5.41) is 12.6. The molecule has 20 heavy (non-hydrogen) atoms. The number of nitrogens with one attached hydrogen (secondary N) is 1. The van der Waals surface area contributed by atoms with E-state index in [1.165, 1.54) is 25.7 Å². The summed E-state index contributed by atoms with van der Waals surface area (Å²) in [6.07, 6.45) is 8.81. The van der Waals surface area contributed by atoms with E-state index in [1.807, 2.05) is 0 Å². The molecule has 0 amide bonds. The van der Waals surface area contributed by atoms with Gasteiger partial charge in [-0.2, -0.15) is 0 Å². The predicted octanol–water partition coefficient (Wildman–Crippen LogP) is 2.48. The normalized spacial score (nSPS) is 38.9. The van der Waals surface area contributed by atoms with Gasteiger partial charge >= 0.3 is 5.97 Å². The SMILES string of the molecule is CNC1(C(=O)O)CCCC(N(C)C2CCC(C)CC2)C1. The molecule has 0 radical (unpaired) electrons. The molecule has 0 aromatic carbocycles. The molecule has 2 saturated carbocycles. The van der Waals surface area contributed by atoms with E-state index in [0.29, 0.717) is 12.1 Å². The van der Waals surface area contributed by atoms with Gasteiger partial charge in [0.1, 0.15) is 5.54 Å². The van der Waals surface area contributed by atoms with Crippen LogP contribution in [0.1, 0.15) is 58.3 Å². The molecule has 4 heteroatoms. The van der Waals surface area contributed by atoms with Crippen molar-refractivity contribution in [3.8, 4) is 0 Å². The average molecular weight is 282 g/mol. The molecule has 0 spiro atoms. The first-order valence-corrected chi connectivity index (χ1v) is 8.13. The first-order valence-electron chi connectivity index (χ1n) is 8.13. The lowest BCUT2D eigenvalue weighted by molar-refractivity contribution is -0.147. The van der Waals surface area contributed by atoms with Gasteiger partial charge in [0.25, 0.3) is 0 Å². The number of nitrogens with zero attached hydrogens (tertiary/aromatic N) is 1. The molecule has 0 aromatic heterocycles. The molecule has 0 aromatic rings. The van der Waals surface area contributed by atoms with Crippen LogP contribution >= 0.6 is 0 Å². The summed E-state index contributed by atoms with van der Waals surface area (Å²) in [5.74, 6) is 0.178. The van der Waals surface area contributed by atoms with Crippen molar-refractivity contribution >= 4 is 5.97 Å². The molecule has 116 valence electrons. The minimum Gasteiger partial charge on any atom is -0.480 e. The summed E-state index contributed by atoms with van der Waals surface area (Å²) < 4.78 is 0.